The summed E-state index contributed by atoms with van der Waals surface area (Å²) in [7, 11) is 2.02. The summed E-state index contributed by atoms with van der Waals surface area (Å²) in [5, 5.41) is 3.43. The monoisotopic (exact) mass is 283 g/mol. The van der Waals surface area contributed by atoms with Crippen LogP contribution >= 0.6 is 0 Å². The second-order valence-electron chi connectivity index (χ2n) is 5.28. The average Bonchev–Trinajstić information content (AvgIpc) is 2.51. The Morgan fingerprint density at radius 3 is 2.48 bits per heavy atom. The summed E-state index contributed by atoms with van der Waals surface area (Å²) >= 11 is 0. The topological polar surface area (TPSA) is 21.3 Å². The molecule has 112 valence electrons. The number of nitrogens with one attached hydrogen (secondary N) is 1. The quantitative estimate of drug-likeness (QED) is 0.818. The minimum atomic E-state index is 0.312. The van der Waals surface area contributed by atoms with E-state index in [0.29, 0.717) is 12.6 Å². The third kappa shape index (κ3) is 4.08. The fourth-order valence-electron chi connectivity index (χ4n) is 2.70. The van der Waals surface area contributed by atoms with Crippen LogP contribution in [0, 0.1) is 6.92 Å². The Kier molecular flexibility index (Phi) is 5.82. The summed E-state index contributed by atoms with van der Waals surface area (Å²) in [4.78, 5) is 0. The van der Waals surface area contributed by atoms with Gasteiger partial charge in [-0.1, -0.05) is 42.5 Å². The van der Waals surface area contributed by atoms with Gasteiger partial charge in [-0.3, -0.25) is 0 Å². The largest absolute Gasteiger partial charge is 0.494 e. The highest BCUT2D eigenvalue weighted by Gasteiger charge is 2.14. The van der Waals surface area contributed by atoms with Crippen molar-refractivity contribution in [3.05, 3.63) is 65.2 Å². The first-order valence-electron chi connectivity index (χ1n) is 7.69. The molecule has 21 heavy (non-hydrogen) atoms. The van der Waals surface area contributed by atoms with Gasteiger partial charge in [0.05, 0.1) is 6.61 Å². The number of rotatable bonds is 7. The van der Waals surface area contributed by atoms with Crippen molar-refractivity contribution in [3.63, 3.8) is 0 Å². The van der Waals surface area contributed by atoms with Crippen LogP contribution < -0.4 is 10.1 Å². The van der Waals surface area contributed by atoms with E-state index in [1.54, 1.807) is 0 Å². The van der Waals surface area contributed by atoms with Gasteiger partial charge in [0, 0.05) is 11.6 Å². The zero-order chi connectivity index (χ0) is 15.1. The summed E-state index contributed by atoms with van der Waals surface area (Å²) in [6, 6.07) is 17.2. The Morgan fingerprint density at radius 1 is 1.05 bits per heavy atom. The Morgan fingerprint density at radius 2 is 1.76 bits per heavy atom. The highest BCUT2D eigenvalue weighted by atomic mass is 16.5. The van der Waals surface area contributed by atoms with Gasteiger partial charge in [0.1, 0.15) is 5.75 Å². The van der Waals surface area contributed by atoms with Crippen LogP contribution in [-0.4, -0.2) is 13.7 Å². The molecule has 0 saturated carbocycles. The lowest BCUT2D eigenvalue weighted by Gasteiger charge is -2.20. The van der Waals surface area contributed by atoms with Crippen LogP contribution in [0.3, 0.4) is 0 Å². The molecule has 0 heterocycles. The smallest absolute Gasteiger partial charge is 0.124 e. The molecule has 0 radical (unpaired) electrons. The van der Waals surface area contributed by atoms with Crippen molar-refractivity contribution in [2.45, 2.75) is 32.7 Å². The van der Waals surface area contributed by atoms with Crippen LogP contribution in [-0.2, 0) is 6.42 Å². The highest BCUT2D eigenvalue weighted by molar-refractivity contribution is 5.36. The molecule has 0 aliphatic rings. The maximum absolute atomic E-state index is 5.76. The molecule has 0 bridgehead atoms. The van der Waals surface area contributed by atoms with E-state index in [1.165, 1.54) is 16.7 Å². The number of aryl methyl sites for hydroxylation is 2. The number of hydrogen-bond acceptors (Lipinski definition) is 2. The Bertz CT molecular complexity index is 565. The average molecular weight is 283 g/mol. The van der Waals surface area contributed by atoms with E-state index < -0.39 is 0 Å². The van der Waals surface area contributed by atoms with Gasteiger partial charge in [-0.25, -0.2) is 0 Å². The van der Waals surface area contributed by atoms with Gasteiger partial charge in [0.15, 0.2) is 0 Å². The first-order chi connectivity index (χ1) is 10.3. The summed E-state index contributed by atoms with van der Waals surface area (Å²) in [5.74, 6) is 0.990. The van der Waals surface area contributed by atoms with Gasteiger partial charge >= 0.3 is 0 Å². The van der Waals surface area contributed by atoms with Crippen LogP contribution in [0.5, 0.6) is 5.75 Å². The number of hydrogen-bond donors (Lipinski definition) is 1. The minimum Gasteiger partial charge on any atom is -0.494 e. The highest BCUT2D eigenvalue weighted by Crippen LogP contribution is 2.28. The molecule has 0 fully saturated rings. The van der Waals surface area contributed by atoms with E-state index in [1.807, 2.05) is 20.0 Å². The van der Waals surface area contributed by atoms with E-state index >= 15 is 0 Å². The predicted octanol–water partition coefficient (Wildman–Crippen LogP) is 4.29. The number of para-hydroxylation sites is 1. The van der Waals surface area contributed by atoms with E-state index in [4.69, 9.17) is 4.74 Å². The summed E-state index contributed by atoms with van der Waals surface area (Å²) in [5.41, 5.74) is 4.03. The van der Waals surface area contributed by atoms with Gasteiger partial charge in [-0.2, -0.15) is 0 Å². The molecule has 0 aromatic heterocycles. The number of ether oxygens (including phenoxy) is 1. The van der Waals surface area contributed by atoms with Crippen molar-refractivity contribution in [2.75, 3.05) is 13.7 Å². The maximum atomic E-state index is 5.76. The second kappa shape index (κ2) is 7.84. The Labute approximate surface area is 128 Å². The lowest BCUT2D eigenvalue weighted by molar-refractivity contribution is 0.331. The van der Waals surface area contributed by atoms with Gasteiger partial charge in [0.2, 0.25) is 0 Å². The van der Waals surface area contributed by atoms with Crippen molar-refractivity contribution >= 4 is 0 Å². The van der Waals surface area contributed by atoms with Crippen molar-refractivity contribution in [1.82, 2.24) is 5.32 Å². The Hall–Kier alpha value is -1.80. The summed E-state index contributed by atoms with van der Waals surface area (Å²) in [6.45, 7) is 4.90. The molecule has 1 N–H and O–H groups in total. The molecule has 2 aromatic rings. The van der Waals surface area contributed by atoms with E-state index in [2.05, 4.69) is 54.7 Å². The lowest BCUT2D eigenvalue weighted by Crippen LogP contribution is -2.18. The first kappa shape index (κ1) is 15.6. The van der Waals surface area contributed by atoms with E-state index in [-0.39, 0.29) is 0 Å². The van der Waals surface area contributed by atoms with E-state index in [9.17, 15) is 0 Å². The molecule has 2 heteroatoms. The molecule has 0 amide bonds. The zero-order valence-corrected chi connectivity index (χ0v) is 13.2. The van der Waals surface area contributed by atoms with Crippen LogP contribution in [0.4, 0.5) is 0 Å². The van der Waals surface area contributed by atoms with Crippen LogP contribution in [0.25, 0.3) is 0 Å². The van der Waals surface area contributed by atoms with Crippen molar-refractivity contribution < 1.29 is 4.74 Å². The van der Waals surface area contributed by atoms with Crippen LogP contribution in [0.15, 0.2) is 48.5 Å². The molecule has 0 spiro atoms. The maximum Gasteiger partial charge on any atom is 0.124 e. The minimum absolute atomic E-state index is 0.312. The van der Waals surface area contributed by atoms with Crippen molar-refractivity contribution in [3.8, 4) is 5.75 Å². The third-order valence-electron chi connectivity index (χ3n) is 3.91. The van der Waals surface area contributed by atoms with Gasteiger partial charge < -0.3 is 10.1 Å². The normalized spacial score (nSPS) is 12.1. The fraction of sp³-hybridized carbons (Fsp3) is 0.368. The van der Waals surface area contributed by atoms with Crippen molar-refractivity contribution in [2.24, 2.45) is 0 Å². The predicted molar refractivity (Wildman–Crippen MR) is 88.9 cm³/mol. The van der Waals surface area contributed by atoms with Crippen molar-refractivity contribution in [1.29, 1.82) is 0 Å². The van der Waals surface area contributed by atoms with Gasteiger partial charge in [-0.15, -0.1) is 0 Å². The number of benzene rings is 2. The van der Waals surface area contributed by atoms with Gasteiger partial charge in [-0.05, 0) is 50.9 Å². The second-order valence-corrected chi connectivity index (χ2v) is 5.28. The van der Waals surface area contributed by atoms with E-state index in [0.717, 1.165) is 18.6 Å². The summed E-state index contributed by atoms with van der Waals surface area (Å²) < 4.78 is 5.76. The summed E-state index contributed by atoms with van der Waals surface area (Å²) in [6.07, 6.45) is 2.13. The molecule has 0 aliphatic carbocycles. The molecule has 1 unspecified atom stereocenters. The zero-order valence-electron chi connectivity index (χ0n) is 13.2. The van der Waals surface area contributed by atoms with Crippen LogP contribution in [0.1, 0.15) is 36.1 Å². The first-order valence-corrected chi connectivity index (χ1v) is 7.69. The molecular formula is C19H25NO. The Balaban J connectivity index is 2.12. The molecular weight excluding hydrogens is 258 g/mol. The SMILES string of the molecule is CCOc1ccccc1C(CCc1ccccc1C)NC. The molecule has 0 aliphatic heterocycles. The standard InChI is InChI=1S/C19H25NO/c1-4-21-19-12-8-7-11-17(19)18(20-3)14-13-16-10-6-5-9-15(16)2/h5-12,18,20H,4,13-14H2,1-3H3. The third-order valence-corrected chi connectivity index (χ3v) is 3.91. The molecule has 0 saturated heterocycles. The van der Waals surface area contributed by atoms with Gasteiger partial charge in [0.25, 0.3) is 0 Å². The molecule has 2 nitrogen and oxygen atoms in total. The fourth-order valence-corrected chi connectivity index (χ4v) is 2.70. The lowest BCUT2D eigenvalue weighted by atomic mass is 9.96. The molecule has 1 atom stereocenters. The molecule has 2 rings (SSSR count). The molecule has 2 aromatic carbocycles. The van der Waals surface area contributed by atoms with Crippen LogP contribution in [0.2, 0.25) is 0 Å².